The Morgan fingerprint density at radius 2 is 2.33 bits per heavy atom. The second-order valence-corrected chi connectivity index (χ2v) is 3.55. The Labute approximate surface area is 88.6 Å². The topological polar surface area (TPSA) is 55.8 Å². The lowest BCUT2D eigenvalue weighted by Gasteiger charge is -2.17. The van der Waals surface area contributed by atoms with Gasteiger partial charge >= 0.3 is 12.1 Å². The lowest BCUT2D eigenvalue weighted by molar-refractivity contribution is -0.145. The van der Waals surface area contributed by atoms with Crippen LogP contribution in [0.3, 0.4) is 0 Å². The lowest BCUT2D eigenvalue weighted by atomic mass is 10.2. The Hall–Kier alpha value is -1.52. The molecule has 0 aromatic heterocycles. The van der Waals surface area contributed by atoms with Crippen LogP contribution < -0.4 is 0 Å². The summed E-state index contributed by atoms with van der Waals surface area (Å²) in [6.45, 7) is 4.30. The standard InChI is InChI=1S/C10H15NO4/c1-7(2)4-5-11-8(9(12)14-3)6-15-10(11)13/h4,8H,5-6H2,1-3H3/t8-/m1/s1. The number of amides is 1. The van der Waals surface area contributed by atoms with E-state index < -0.39 is 18.1 Å². The normalized spacial score (nSPS) is 19.8. The van der Waals surface area contributed by atoms with Crippen LogP contribution in [0.1, 0.15) is 13.8 Å². The quantitative estimate of drug-likeness (QED) is 0.517. The lowest BCUT2D eigenvalue weighted by Crippen LogP contribution is -2.40. The molecule has 15 heavy (non-hydrogen) atoms. The molecular weight excluding hydrogens is 198 g/mol. The van der Waals surface area contributed by atoms with Crippen molar-refractivity contribution in [2.75, 3.05) is 20.3 Å². The van der Waals surface area contributed by atoms with Crippen molar-refractivity contribution in [1.82, 2.24) is 4.90 Å². The van der Waals surface area contributed by atoms with Crippen molar-refractivity contribution in [2.24, 2.45) is 0 Å². The SMILES string of the molecule is COC(=O)[C@H]1COC(=O)N1CC=C(C)C. The number of methoxy groups -OCH3 is 1. The van der Waals surface area contributed by atoms with E-state index in [1.165, 1.54) is 12.0 Å². The molecule has 1 aliphatic rings. The zero-order valence-corrected chi connectivity index (χ0v) is 9.15. The zero-order chi connectivity index (χ0) is 11.4. The molecule has 0 N–H and O–H groups in total. The molecular formula is C10H15NO4. The van der Waals surface area contributed by atoms with Crippen LogP contribution in [0.4, 0.5) is 4.79 Å². The van der Waals surface area contributed by atoms with E-state index in [0.29, 0.717) is 6.54 Å². The minimum Gasteiger partial charge on any atom is -0.467 e. The highest BCUT2D eigenvalue weighted by Crippen LogP contribution is 2.13. The van der Waals surface area contributed by atoms with Crippen molar-refractivity contribution in [2.45, 2.75) is 19.9 Å². The van der Waals surface area contributed by atoms with Crippen molar-refractivity contribution in [3.63, 3.8) is 0 Å². The van der Waals surface area contributed by atoms with Crippen LogP contribution in [0.2, 0.25) is 0 Å². The molecule has 0 saturated carbocycles. The predicted octanol–water partition coefficient (Wildman–Crippen LogP) is 0.946. The molecule has 0 aromatic rings. The van der Waals surface area contributed by atoms with E-state index in [0.717, 1.165) is 5.57 Å². The van der Waals surface area contributed by atoms with Gasteiger partial charge in [-0.15, -0.1) is 0 Å². The molecule has 0 radical (unpaired) electrons. The molecule has 0 aliphatic carbocycles. The van der Waals surface area contributed by atoms with Gasteiger partial charge in [0, 0.05) is 6.54 Å². The highest BCUT2D eigenvalue weighted by Gasteiger charge is 2.38. The van der Waals surface area contributed by atoms with Gasteiger partial charge in [-0.2, -0.15) is 0 Å². The van der Waals surface area contributed by atoms with Crippen LogP contribution in [0.25, 0.3) is 0 Å². The summed E-state index contributed by atoms with van der Waals surface area (Å²) >= 11 is 0. The molecule has 5 nitrogen and oxygen atoms in total. The fourth-order valence-electron chi connectivity index (χ4n) is 1.26. The first kappa shape index (κ1) is 11.6. The Bertz CT molecular complexity index is 294. The summed E-state index contributed by atoms with van der Waals surface area (Å²) in [5, 5.41) is 0. The van der Waals surface area contributed by atoms with Crippen LogP contribution >= 0.6 is 0 Å². The van der Waals surface area contributed by atoms with Crippen LogP contribution in [0.15, 0.2) is 11.6 Å². The highest BCUT2D eigenvalue weighted by molar-refractivity contribution is 5.84. The molecule has 1 atom stereocenters. The number of hydrogen-bond donors (Lipinski definition) is 0. The molecule has 1 fully saturated rings. The van der Waals surface area contributed by atoms with Gasteiger partial charge < -0.3 is 9.47 Å². The van der Waals surface area contributed by atoms with E-state index in [-0.39, 0.29) is 6.61 Å². The van der Waals surface area contributed by atoms with E-state index >= 15 is 0 Å². The third kappa shape index (κ3) is 2.71. The molecule has 1 heterocycles. The summed E-state index contributed by atoms with van der Waals surface area (Å²) in [4.78, 5) is 23.9. The van der Waals surface area contributed by atoms with E-state index in [2.05, 4.69) is 4.74 Å². The van der Waals surface area contributed by atoms with Crippen LogP contribution in [0, 0.1) is 0 Å². The van der Waals surface area contributed by atoms with E-state index in [4.69, 9.17) is 4.74 Å². The number of carbonyl (C=O) groups is 2. The van der Waals surface area contributed by atoms with Gasteiger partial charge in [-0.1, -0.05) is 11.6 Å². The Morgan fingerprint density at radius 1 is 1.67 bits per heavy atom. The van der Waals surface area contributed by atoms with Crippen LogP contribution in [-0.4, -0.2) is 43.3 Å². The van der Waals surface area contributed by atoms with Gasteiger partial charge in [0.15, 0.2) is 6.04 Å². The Kier molecular flexibility index (Phi) is 3.71. The smallest absolute Gasteiger partial charge is 0.411 e. The molecule has 84 valence electrons. The van der Waals surface area contributed by atoms with Crippen molar-refractivity contribution in [3.05, 3.63) is 11.6 Å². The van der Waals surface area contributed by atoms with Gasteiger partial charge in [0.25, 0.3) is 0 Å². The molecule has 1 amide bonds. The zero-order valence-electron chi connectivity index (χ0n) is 9.15. The number of nitrogens with zero attached hydrogens (tertiary/aromatic N) is 1. The summed E-state index contributed by atoms with van der Waals surface area (Å²) < 4.78 is 9.38. The Balaban J connectivity index is 2.69. The maximum atomic E-state index is 11.3. The molecule has 0 unspecified atom stereocenters. The molecule has 1 rings (SSSR count). The van der Waals surface area contributed by atoms with E-state index in [1.807, 2.05) is 19.9 Å². The first-order valence-corrected chi connectivity index (χ1v) is 4.71. The number of cyclic esters (lactones) is 1. The van der Waals surface area contributed by atoms with Crippen molar-refractivity contribution in [1.29, 1.82) is 0 Å². The van der Waals surface area contributed by atoms with Crippen molar-refractivity contribution in [3.8, 4) is 0 Å². The third-order valence-corrected chi connectivity index (χ3v) is 2.14. The van der Waals surface area contributed by atoms with Crippen molar-refractivity contribution >= 4 is 12.1 Å². The first-order chi connectivity index (χ1) is 7.06. The summed E-state index contributed by atoms with van der Waals surface area (Å²) in [5.41, 5.74) is 1.08. The summed E-state index contributed by atoms with van der Waals surface area (Å²) in [5.74, 6) is -0.442. The second kappa shape index (κ2) is 4.82. The highest BCUT2D eigenvalue weighted by atomic mass is 16.6. The fourth-order valence-corrected chi connectivity index (χ4v) is 1.26. The first-order valence-electron chi connectivity index (χ1n) is 4.71. The molecule has 1 saturated heterocycles. The average Bonchev–Trinajstić information content (AvgIpc) is 2.55. The van der Waals surface area contributed by atoms with Crippen molar-refractivity contribution < 1.29 is 19.1 Å². The van der Waals surface area contributed by atoms with Gasteiger partial charge in [-0.3, -0.25) is 4.90 Å². The maximum Gasteiger partial charge on any atom is 0.411 e. The number of hydrogen-bond acceptors (Lipinski definition) is 4. The minimum absolute atomic E-state index is 0.0715. The van der Waals surface area contributed by atoms with Gasteiger partial charge in [0.1, 0.15) is 6.61 Å². The number of carbonyl (C=O) groups excluding carboxylic acids is 2. The monoisotopic (exact) mass is 213 g/mol. The fraction of sp³-hybridized carbons (Fsp3) is 0.600. The second-order valence-electron chi connectivity index (χ2n) is 3.55. The average molecular weight is 213 g/mol. The van der Waals surface area contributed by atoms with Gasteiger partial charge in [-0.25, -0.2) is 9.59 Å². The molecule has 0 aromatic carbocycles. The largest absolute Gasteiger partial charge is 0.467 e. The summed E-state index contributed by atoms with van der Waals surface area (Å²) in [6, 6.07) is -0.613. The molecule has 0 spiro atoms. The molecule has 5 heteroatoms. The van der Waals surface area contributed by atoms with Gasteiger partial charge in [0.2, 0.25) is 0 Å². The minimum atomic E-state index is -0.613. The Morgan fingerprint density at radius 3 is 2.87 bits per heavy atom. The predicted molar refractivity (Wildman–Crippen MR) is 53.3 cm³/mol. The third-order valence-electron chi connectivity index (χ3n) is 2.14. The van der Waals surface area contributed by atoms with Crippen LogP contribution in [0.5, 0.6) is 0 Å². The summed E-state index contributed by atoms with van der Waals surface area (Å²) in [6.07, 6.45) is 1.39. The van der Waals surface area contributed by atoms with E-state index in [1.54, 1.807) is 0 Å². The maximum absolute atomic E-state index is 11.3. The number of allylic oxidation sites excluding steroid dienone is 1. The molecule has 1 aliphatic heterocycles. The summed E-state index contributed by atoms with van der Waals surface area (Å²) in [7, 11) is 1.30. The van der Waals surface area contributed by atoms with E-state index in [9.17, 15) is 9.59 Å². The molecule has 0 bridgehead atoms. The van der Waals surface area contributed by atoms with Crippen LogP contribution in [-0.2, 0) is 14.3 Å². The number of esters is 1. The number of ether oxygens (including phenoxy) is 2. The van der Waals surface area contributed by atoms with Gasteiger partial charge in [0.05, 0.1) is 7.11 Å². The van der Waals surface area contributed by atoms with Gasteiger partial charge in [-0.05, 0) is 13.8 Å². The number of rotatable bonds is 3.